The van der Waals surface area contributed by atoms with Gasteiger partial charge < -0.3 is 5.11 Å². The topological polar surface area (TPSA) is 86.7 Å². The molecule has 0 radical (unpaired) electrons. The molecule has 0 aromatic heterocycles. The van der Waals surface area contributed by atoms with E-state index in [2.05, 4.69) is 27.8 Å². The van der Waals surface area contributed by atoms with E-state index in [9.17, 15) is 13.2 Å². The van der Waals surface area contributed by atoms with Crippen LogP contribution >= 0.6 is 11.6 Å². The largest absolute Gasteiger partial charge is 0.481 e. The molecule has 2 aromatic rings. The number of aliphatic carboxylic acids is 1. The minimum absolute atomic E-state index is 0.0722. The van der Waals surface area contributed by atoms with Crippen molar-refractivity contribution in [3.8, 4) is 0 Å². The first-order valence-corrected chi connectivity index (χ1v) is 12.1. The van der Waals surface area contributed by atoms with E-state index in [1.807, 2.05) is 24.3 Å². The van der Waals surface area contributed by atoms with Gasteiger partial charge in [0.05, 0.1) is 4.90 Å². The van der Waals surface area contributed by atoms with Gasteiger partial charge in [-0.15, -0.1) is 0 Å². The molecule has 3 rings (SSSR count). The number of rotatable bonds is 10. The van der Waals surface area contributed by atoms with Crippen LogP contribution in [-0.4, -0.2) is 43.0 Å². The Bertz CT molecular complexity index is 994. The van der Waals surface area contributed by atoms with Gasteiger partial charge in [-0.1, -0.05) is 54.1 Å². The Morgan fingerprint density at radius 3 is 2.55 bits per heavy atom. The fourth-order valence-electron chi connectivity index (χ4n) is 3.74. The van der Waals surface area contributed by atoms with Crippen molar-refractivity contribution < 1.29 is 18.3 Å². The summed E-state index contributed by atoms with van der Waals surface area (Å²) in [5.41, 5.74) is 1.16. The molecule has 2 aromatic carbocycles. The number of hydrogen-bond acceptors (Lipinski definition) is 4. The number of carboxylic acid groups (broad SMARTS) is 1. The van der Waals surface area contributed by atoms with E-state index in [0.29, 0.717) is 37.4 Å². The fraction of sp³-hybridized carbons (Fsp3) is 0.348. The number of likely N-dealkylation sites (tertiary alicyclic amines) is 1. The molecule has 0 amide bonds. The van der Waals surface area contributed by atoms with Crippen LogP contribution in [-0.2, 0) is 21.4 Å². The highest BCUT2D eigenvalue weighted by Gasteiger charge is 2.33. The average molecular weight is 463 g/mol. The number of nitrogens with one attached hydrogen (secondary N) is 1. The third kappa shape index (κ3) is 7.18. The van der Waals surface area contributed by atoms with Gasteiger partial charge in [-0.25, -0.2) is 13.1 Å². The number of unbranched alkanes of at least 4 members (excludes halogenated alkanes) is 1. The summed E-state index contributed by atoms with van der Waals surface area (Å²) in [5, 5.41) is 9.27. The first kappa shape index (κ1) is 23.5. The highest BCUT2D eigenvalue weighted by molar-refractivity contribution is 7.89. The second kappa shape index (κ2) is 10.9. The van der Waals surface area contributed by atoms with E-state index in [1.54, 1.807) is 12.1 Å². The van der Waals surface area contributed by atoms with Crippen molar-refractivity contribution in [3.63, 3.8) is 0 Å². The molecule has 0 spiro atoms. The van der Waals surface area contributed by atoms with Gasteiger partial charge in [0.1, 0.15) is 0 Å². The van der Waals surface area contributed by atoms with Gasteiger partial charge in [-0.3, -0.25) is 9.69 Å². The van der Waals surface area contributed by atoms with Gasteiger partial charge >= 0.3 is 5.97 Å². The standard InChI is InChI=1S/C23H27ClN2O4S/c24-19-11-13-22(14-12-19)31(29,30)25-20-15-21(9-5-2-6-10-23(27)28)26(17-20)16-18-7-3-1-4-8-18/h1,3-5,7-9,11-14,20-21,25H,2,6,10,15-17H2,(H,27,28)/b9-5-/t20-,21-/m1/s1. The summed E-state index contributed by atoms with van der Waals surface area (Å²) in [6.07, 6.45) is 6.14. The van der Waals surface area contributed by atoms with Crippen LogP contribution in [0.4, 0.5) is 0 Å². The van der Waals surface area contributed by atoms with Gasteiger partial charge in [-0.05, 0) is 49.1 Å². The van der Waals surface area contributed by atoms with E-state index in [0.717, 1.165) is 5.56 Å². The van der Waals surface area contributed by atoms with Crippen molar-refractivity contribution in [2.75, 3.05) is 6.54 Å². The fourth-order valence-corrected chi connectivity index (χ4v) is 5.11. The molecule has 1 fully saturated rings. The van der Waals surface area contributed by atoms with Crippen molar-refractivity contribution in [1.82, 2.24) is 9.62 Å². The molecule has 2 atom stereocenters. The van der Waals surface area contributed by atoms with Crippen LogP contribution in [0.15, 0.2) is 71.6 Å². The number of allylic oxidation sites excluding steroid dienone is 1. The predicted molar refractivity (Wildman–Crippen MR) is 121 cm³/mol. The molecule has 1 heterocycles. The van der Waals surface area contributed by atoms with Gasteiger partial charge in [0.15, 0.2) is 0 Å². The summed E-state index contributed by atoms with van der Waals surface area (Å²) in [4.78, 5) is 13.1. The monoisotopic (exact) mass is 462 g/mol. The Morgan fingerprint density at radius 1 is 1.16 bits per heavy atom. The number of carbonyl (C=O) groups is 1. The molecular weight excluding hydrogens is 436 g/mol. The summed E-state index contributed by atoms with van der Waals surface area (Å²) in [5.74, 6) is -0.795. The van der Waals surface area contributed by atoms with E-state index in [1.165, 1.54) is 12.1 Å². The molecule has 1 aliphatic heterocycles. The van der Waals surface area contributed by atoms with E-state index in [4.69, 9.17) is 16.7 Å². The Hall–Kier alpha value is -2.19. The minimum atomic E-state index is -3.64. The van der Waals surface area contributed by atoms with Crippen molar-refractivity contribution in [2.24, 2.45) is 0 Å². The second-order valence-corrected chi connectivity index (χ2v) is 9.85. The number of nitrogens with zero attached hydrogens (tertiary/aromatic N) is 1. The van der Waals surface area contributed by atoms with Crippen molar-refractivity contribution in [2.45, 2.75) is 49.2 Å². The normalized spacial score (nSPS) is 19.8. The lowest BCUT2D eigenvalue weighted by atomic mass is 10.1. The third-order valence-corrected chi connectivity index (χ3v) is 7.03. The Balaban J connectivity index is 1.68. The van der Waals surface area contributed by atoms with Crippen molar-refractivity contribution in [3.05, 3.63) is 77.3 Å². The summed E-state index contributed by atoms with van der Waals surface area (Å²) in [6.45, 7) is 1.30. The molecule has 6 nitrogen and oxygen atoms in total. The molecule has 166 valence electrons. The molecule has 0 aliphatic carbocycles. The zero-order chi connectivity index (χ0) is 22.3. The molecule has 1 saturated heterocycles. The summed E-state index contributed by atoms with van der Waals surface area (Å²) < 4.78 is 28.4. The average Bonchev–Trinajstić information content (AvgIpc) is 3.08. The SMILES string of the molecule is O=C(O)CCC/C=C\[C@@H]1C[C@@H](NS(=O)(=O)c2ccc(Cl)cc2)CN1Cc1ccccc1. The lowest BCUT2D eigenvalue weighted by molar-refractivity contribution is -0.137. The summed E-state index contributed by atoms with van der Waals surface area (Å²) in [7, 11) is -3.64. The molecule has 1 aliphatic rings. The number of hydrogen-bond donors (Lipinski definition) is 2. The smallest absolute Gasteiger partial charge is 0.303 e. The molecular formula is C23H27ClN2O4S. The predicted octanol–water partition coefficient (Wildman–Crippen LogP) is 4.07. The summed E-state index contributed by atoms with van der Waals surface area (Å²) >= 11 is 5.87. The van der Waals surface area contributed by atoms with Crippen LogP contribution in [0.3, 0.4) is 0 Å². The van der Waals surface area contributed by atoms with Gasteiger partial charge in [0.25, 0.3) is 0 Å². The van der Waals surface area contributed by atoms with Gasteiger partial charge in [0.2, 0.25) is 10.0 Å². The van der Waals surface area contributed by atoms with E-state index < -0.39 is 16.0 Å². The second-order valence-electron chi connectivity index (χ2n) is 7.70. The van der Waals surface area contributed by atoms with Crippen LogP contribution in [0.2, 0.25) is 5.02 Å². The lowest BCUT2D eigenvalue weighted by Gasteiger charge is -2.22. The number of halogens is 1. The molecule has 0 saturated carbocycles. The van der Waals surface area contributed by atoms with Crippen LogP contribution in [0.1, 0.15) is 31.2 Å². The molecule has 8 heteroatoms. The zero-order valence-corrected chi connectivity index (χ0v) is 18.7. The Morgan fingerprint density at radius 2 is 1.87 bits per heavy atom. The molecule has 2 N–H and O–H groups in total. The highest BCUT2D eigenvalue weighted by atomic mass is 35.5. The minimum Gasteiger partial charge on any atom is -0.481 e. The number of carboxylic acids is 1. The van der Waals surface area contributed by atoms with Gasteiger partial charge in [0, 0.05) is 36.6 Å². The maximum atomic E-state index is 12.8. The number of sulfonamides is 1. The summed E-state index contributed by atoms with van der Waals surface area (Å²) in [6, 6.07) is 16.0. The van der Waals surface area contributed by atoms with Crippen LogP contribution in [0.25, 0.3) is 0 Å². The Labute approximate surface area is 188 Å². The molecule has 0 unspecified atom stereocenters. The van der Waals surface area contributed by atoms with E-state index in [-0.39, 0.29) is 23.4 Å². The maximum Gasteiger partial charge on any atom is 0.303 e. The van der Waals surface area contributed by atoms with Gasteiger partial charge in [-0.2, -0.15) is 0 Å². The van der Waals surface area contributed by atoms with Crippen LogP contribution in [0.5, 0.6) is 0 Å². The maximum absolute atomic E-state index is 12.8. The van der Waals surface area contributed by atoms with Crippen LogP contribution in [0, 0.1) is 0 Å². The van der Waals surface area contributed by atoms with Crippen LogP contribution < -0.4 is 4.72 Å². The first-order chi connectivity index (χ1) is 14.8. The lowest BCUT2D eigenvalue weighted by Crippen LogP contribution is -2.37. The zero-order valence-electron chi connectivity index (χ0n) is 17.2. The quantitative estimate of drug-likeness (QED) is 0.410. The highest BCUT2D eigenvalue weighted by Crippen LogP contribution is 2.24. The third-order valence-electron chi connectivity index (χ3n) is 5.24. The first-order valence-electron chi connectivity index (χ1n) is 10.3. The van der Waals surface area contributed by atoms with Crippen molar-refractivity contribution in [1.29, 1.82) is 0 Å². The Kier molecular flexibility index (Phi) is 8.26. The molecule has 0 bridgehead atoms. The van der Waals surface area contributed by atoms with E-state index >= 15 is 0 Å². The van der Waals surface area contributed by atoms with Crippen molar-refractivity contribution >= 4 is 27.6 Å². The number of benzene rings is 2. The molecule has 31 heavy (non-hydrogen) atoms.